The maximum Gasteiger partial charge on any atom is 0.179 e. The highest BCUT2D eigenvalue weighted by molar-refractivity contribution is 8.13. The monoisotopic (exact) mass is 199 g/mol. The maximum atomic E-state index is 4.38. The first-order chi connectivity index (χ1) is 6.09. The quantitative estimate of drug-likeness (QED) is 0.477. The second kappa shape index (κ2) is 4.13. The zero-order valence-electron chi connectivity index (χ0n) is 8.74. The Balaban J connectivity index is 2.65. The number of amidine groups is 1. The predicted molar refractivity (Wildman–Crippen MR) is 60.5 cm³/mol. The molecule has 0 amide bonds. The van der Waals surface area contributed by atoms with Crippen molar-refractivity contribution < 1.29 is 0 Å². The predicted octanol–water partition coefficient (Wildman–Crippen LogP) is 2.05. The van der Waals surface area contributed by atoms with Crippen molar-refractivity contribution in [3.63, 3.8) is 0 Å². The van der Waals surface area contributed by atoms with Gasteiger partial charge >= 0.3 is 0 Å². The Bertz CT molecular complexity index is 233. The van der Waals surface area contributed by atoms with Gasteiger partial charge in [0.05, 0.1) is 6.54 Å². The molecule has 3 nitrogen and oxygen atoms in total. The summed E-state index contributed by atoms with van der Waals surface area (Å²) in [5, 5.41) is 7.33. The van der Waals surface area contributed by atoms with Crippen LogP contribution >= 0.6 is 11.8 Å². The molecule has 0 bridgehead atoms. The smallest absolute Gasteiger partial charge is 0.179 e. The normalized spacial score (nSPS) is 21.2. The minimum absolute atomic E-state index is 0.185. The van der Waals surface area contributed by atoms with Gasteiger partial charge in [-0.15, -0.1) is 0 Å². The second-order valence-electron chi connectivity index (χ2n) is 3.75. The Morgan fingerprint density at radius 1 is 1.69 bits per heavy atom. The lowest BCUT2D eigenvalue weighted by Gasteiger charge is -2.19. The third-order valence-corrected chi connectivity index (χ3v) is 2.51. The molecule has 1 heterocycles. The number of hydrogen-bond acceptors (Lipinski definition) is 3. The standard InChI is InChI=1S/C9H17N3S/c1-5-10-8(13-4)12-7-9(2,3)6-11-12/h6H,5,7H2,1-4H3. The minimum atomic E-state index is 0.185. The number of hydrogen-bond donors (Lipinski definition) is 0. The van der Waals surface area contributed by atoms with E-state index in [2.05, 4.69) is 23.9 Å². The van der Waals surface area contributed by atoms with E-state index in [-0.39, 0.29) is 5.41 Å². The summed E-state index contributed by atoms with van der Waals surface area (Å²) in [6.07, 6.45) is 4.03. The van der Waals surface area contributed by atoms with Gasteiger partial charge in [-0.1, -0.05) is 25.6 Å². The summed E-state index contributed by atoms with van der Waals surface area (Å²) in [6.45, 7) is 8.16. The topological polar surface area (TPSA) is 28.0 Å². The van der Waals surface area contributed by atoms with E-state index in [0.717, 1.165) is 18.3 Å². The lowest BCUT2D eigenvalue weighted by atomic mass is 9.97. The number of rotatable bonds is 1. The highest BCUT2D eigenvalue weighted by Crippen LogP contribution is 2.23. The zero-order valence-corrected chi connectivity index (χ0v) is 9.56. The SMILES string of the molecule is CCN=C(SC)N1CC(C)(C)C=N1. The molecule has 0 aromatic carbocycles. The summed E-state index contributed by atoms with van der Waals surface area (Å²) in [5.74, 6) is 0. The largest absolute Gasteiger partial charge is 0.261 e. The van der Waals surface area contributed by atoms with Crippen LogP contribution in [0.2, 0.25) is 0 Å². The van der Waals surface area contributed by atoms with Crippen molar-refractivity contribution >= 4 is 23.1 Å². The number of thioether (sulfide) groups is 1. The van der Waals surface area contributed by atoms with Crippen molar-refractivity contribution in [3.05, 3.63) is 0 Å². The molecule has 13 heavy (non-hydrogen) atoms. The molecule has 1 rings (SSSR count). The molecule has 4 heteroatoms. The Morgan fingerprint density at radius 3 is 2.77 bits per heavy atom. The van der Waals surface area contributed by atoms with Crippen molar-refractivity contribution in [2.45, 2.75) is 20.8 Å². The molecule has 74 valence electrons. The van der Waals surface area contributed by atoms with Crippen molar-refractivity contribution in [2.75, 3.05) is 19.3 Å². The van der Waals surface area contributed by atoms with Crippen LogP contribution in [0.15, 0.2) is 10.1 Å². The second-order valence-corrected chi connectivity index (χ2v) is 4.53. The Labute approximate surface area is 84.3 Å². The summed E-state index contributed by atoms with van der Waals surface area (Å²) in [7, 11) is 0. The summed E-state index contributed by atoms with van der Waals surface area (Å²) in [4.78, 5) is 4.38. The average Bonchev–Trinajstić information content (AvgIpc) is 2.42. The summed E-state index contributed by atoms with van der Waals surface area (Å²) >= 11 is 1.65. The summed E-state index contributed by atoms with van der Waals surface area (Å²) in [6, 6.07) is 0. The van der Waals surface area contributed by atoms with Crippen LogP contribution in [0.4, 0.5) is 0 Å². The minimum Gasteiger partial charge on any atom is -0.261 e. The van der Waals surface area contributed by atoms with E-state index in [1.54, 1.807) is 11.8 Å². The molecule has 0 saturated heterocycles. The lowest BCUT2D eigenvalue weighted by molar-refractivity contribution is 0.391. The third kappa shape index (κ3) is 2.72. The van der Waals surface area contributed by atoms with Crippen LogP contribution in [0.3, 0.4) is 0 Å². The van der Waals surface area contributed by atoms with Crippen molar-refractivity contribution in [2.24, 2.45) is 15.5 Å². The van der Waals surface area contributed by atoms with Crippen LogP contribution in [0.1, 0.15) is 20.8 Å². The van der Waals surface area contributed by atoms with Crippen LogP contribution in [0.25, 0.3) is 0 Å². The van der Waals surface area contributed by atoms with Crippen molar-refractivity contribution in [1.82, 2.24) is 5.01 Å². The Kier molecular flexibility index (Phi) is 3.36. The van der Waals surface area contributed by atoms with Crippen LogP contribution in [0.5, 0.6) is 0 Å². The van der Waals surface area contributed by atoms with Gasteiger partial charge in [0.2, 0.25) is 0 Å². The Hall–Kier alpha value is -0.510. The van der Waals surface area contributed by atoms with Crippen LogP contribution in [-0.4, -0.2) is 35.7 Å². The first-order valence-electron chi connectivity index (χ1n) is 4.50. The van der Waals surface area contributed by atoms with Gasteiger partial charge in [-0.2, -0.15) is 5.10 Å². The van der Waals surface area contributed by atoms with Gasteiger partial charge in [0, 0.05) is 18.2 Å². The van der Waals surface area contributed by atoms with Gasteiger partial charge in [-0.05, 0) is 13.2 Å². The Morgan fingerprint density at radius 2 is 2.38 bits per heavy atom. The van der Waals surface area contributed by atoms with E-state index < -0.39 is 0 Å². The highest BCUT2D eigenvalue weighted by atomic mass is 32.2. The van der Waals surface area contributed by atoms with E-state index in [9.17, 15) is 0 Å². The molecule has 0 saturated carbocycles. The van der Waals surface area contributed by atoms with Gasteiger partial charge in [0.25, 0.3) is 0 Å². The summed E-state index contributed by atoms with van der Waals surface area (Å²) in [5.41, 5.74) is 0.185. The molecule has 0 aliphatic carbocycles. The fourth-order valence-corrected chi connectivity index (χ4v) is 1.78. The molecule has 0 atom stereocenters. The third-order valence-electron chi connectivity index (χ3n) is 1.80. The molecule has 0 aromatic heterocycles. The van der Waals surface area contributed by atoms with E-state index in [1.165, 1.54) is 0 Å². The van der Waals surface area contributed by atoms with Crippen LogP contribution in [0, 0.1) is 5.41 Å². The first-order valence-corrected chi connectivity index (χ1v) is 5.72. The molecular formula is C9H17N3S. The molecule has 0 aromatic rings. The van der Waals surface area contributed by atoms with Gasteiger partial charge in [-0.25, -0.2) is 5.01 Å². The fraction of sp³-hybridized carbons (Fsp3) is 0.778. The lowest BCUT2D eigenvalue weighted by Crippen LogP contribution is -2.27. The zero-order chi connectivity index (χ0) is 9.90. The first kappa shape index (κ1) is 10.6. The average molecular weight is 199 g/mol. The number of aliphatic imine (C=N–C) groups is 1. The molecule has 0 spiro atoms. The van der Waals surface area contributed by atoms with Gasteiger partial charge in [-0.3, -0.25) is 4.99 Å². The van der Waals surface area contributed by atoms with Gasteiger partial charge in [0.15, 0.2) is 5.17 Å². The van der Waals surface area contributed by atoms with E-state index in [4.69, 9.17) is 0 Å². The van der Waals surface area contributed by atoms with Gasteiger partial charge < -0.3 is 0 Å². The highest BCUT2D eigenvalue weighted by Gasteiger charge is 2.27. The van der Waals surface area contributed by atoms with E-state index in [1.807, 2.05) is 24.4 Å². The van der Waals surface area contributed by atoms with Gasteiger partial charge in [0.1, 0.15) is 0 Å². The molecule has 1 aliphatic rings. The fourth-order valence-electron chi connectivity index (χ4n) is 1.20. The molecular weight excluding hydrogens is 182 g/mol. The van der Waals surface area contributed by atoms with Crippen LogP contribution in [-0.2, 0) is 0 Å². The number of hydrazone groups is 1. The molecule has 1 aliphatic heterocycles. The molecule has 0 fully saturated rings. The molecule has 0 radical (unpaired) electrons. The van der Waals surface area contributed by atoms with Crippen molar-refractivity contribution in [1.29, 1.82) is 0 Å². The van der Waals surface area contributed by atoms with Crippen molar-refractivity contribution in [3.8, 4) is 0 Å². The maximum absolute atomic E-state index is 4.38. The van der Waals surface area contributed by atoms with E-state index in [0.29, 0.717) is 0 Å². The molecule has 0 N–H and O–H groups in total. The summed E-state index contributed by atoms with van der Waals surface area (Å²) < 4.78 is 0. The number of nitrogens with zero attached hydrogens (tertiary/aromatic N) is 3. The van der Waals surface area contributed by atoms with Crippen LogP contribution < -0.4 is 0 Å². The molecule has 0 unspecified atom stereocenters. The van der Waals surface area contributed by atoms with E-state index >= 15 is 0 Å².